The smallest absolute Gasteiger partial charge is 0.326 e. The van der Waals surface area contributed by atoms with Crippen LogP contribution >= 0.6 is 0 Å². The molecule has 0 spiro atoms. The molecule has 0 unspecified atom stereocenters. The maximum absolute atomic E-state index is 13.1. The van der Waals surface area contributed by atoms with Crippen LogP contribution in [-0.2, 0) is 16.9 Å². The lowest BCUT2D eigenvalue weighted by Crippen LogP contribution is -2.42. The number of nitrogens with one attached hydrogen (secondary N) is 1. The van der Waals surface area contributed by atoms with E-state index < -0.39 is 11.6 Å². The zero-order chi connectivity index (χ0) is 21.2. The van der Waals surface area contributed by atoms with E-state index in [-0.39, 0.29) is 12.6 Å². The predicted molar refractivity (Wildman–Crippen MR) is 110 cm³/mol. The highest BCUT2D eigenvalue weighted by atomic mass is 16.5. The number of imide groups is 1. The molecule has 154 valence electrons. The van der Waals surface area contributed by atoms with E-state index >= 15 is 0 Å². The first-order chi connectivity index (χ1) is 13.8. The number of urea groups is 1. The summed E-state index contributed by atoms with van der Waals surface area (Å²) in [7, 11) is 5.07. The van der Waals surface area contributed by atoms with E-state index in [0.717, 1.165) is 16.7 Å². The number of carbonyl (C=O) groups excluding carboxylic acids is 2. The fraction of sp³-hybridized carbons (Fsp3) is 0.364. The molecular weight excluding hydrogens is 370 g/mol. The third-order valence-electron chi connectivity index (χ3n) is 5.29. The number of benzene rings is 2. The monoisotopic (exact) mass is 397 g/mol. The van der Waals surface area contributed by atoms with E-state index in [1.807, 2.05) is 61.3 Å². The van der Waals surface area contributed by atoms with Gasteiger partial charge in [-0.1, -0.05) is 30.3 Å². The second kappa shape index (κ2) is 8.13. The van der Waals surface area contributed by atoms with Crippen molar-refractivity contribution >= 4 is 11.9 Å². The Morgan fingerprint density at radius 3 is 2.31 bits per heavy atom. The van der Waals surface area contributed by atoms with Crippen LogP contribution < -0.4 is 14.8 Å². The maximum Gasteiger partial charge on any atom is 0.326 e. The van der Waals surface area contributed by atoms with Crippen LogP contribution in [0.15, 0.2) is 42.5 Å². The quantitative estimate of drug-likeness (QED) is 0.728. The zero-order valence-electron chi connectivity index (χ0n) is 17.5. The van der Waals surface area contributed by atoms with E-state index in [9.17, 15) is 9.59 Å². The summed E-state index contributed by atoms with van der Waals surface area (Å²) in [5.41, 5.74) is 1.78. The summed E-state index contributed by atoms with van der Waals surface area (Å²) in [5, 5.41) is 2.83. The molecule has 3 amide bonds. The van der Waals surface area contributed by atoms with Crippen LogP contribution in [0.5, 0.6) is 11.5 Å². The first kappa shape index (κ1) is 20.7. The molecule has 2 aromatic carbocycles. The summed E-state index contributed by atoms with van der Waals surface area (Å²) in [5.74, 6) is 1.06. The van der Waals surface area contributed by atoms with Gasteiger partial charge in [0.15, 0.2) is 11.5 Å². The number of methoxy groups -OCH3 is 2. The summed E-state index contributed by atoms with van der Waals surface area (Å²) in [6, 6.07) is 12.7. The molecule has 1 heterocycles. The Balaban J connectivity index is 1.75. The Labute approximate surface area is 171 Å². The van der Waals surface area contributed by atoms with E-state index in [2.05, 4.69) is 5.32 Å². The van der Waals surface area contributed by atoms with Crippen LogP contribution in [0, 0.1) is 6.92 Å². The fourth-order valence-corrected chi connectivity index (χ4v) is 3.57. The van der Waals surface area contributed by atoms with Gasteiger partial charge in [-0.15, -0.1) is 0 Å². The van der Waals surface area contributed by atoms with Crippen molar-refractivity contribution in [1.82, 2.24) is 15.1 Å². The second-order valence-corrected chi connectivity index (χ2v) is 7.44. The van der Waals surface area contributed by atoms with Crippen molar-refractivity contribution in [3.8, 4) is 11.5 Å². The number of nitrogens with zero attached hydrogens (tertiary/aromatic N) is 2. The van der Waals surface area contributed by atoms with Gasteiger partial charge in [0.1, 0.15) is 5.54 Å². The number of hydrogen-bond acceptors (Lipinski definition) is 5. The van der Waals surface area contributed by atoms with Gasteiger partial charge in [0, 0.05) is 6.54 Å². The second-order valence-electron chi connectivity index (χ2n) is 7.44. The van der Waals surface area contributed by atoms with Gasteiger partial charge < -0.3 is 14.8 Å². The zero-order valence-corrected chi connectivity index (χ0v) is 17.5. The molecule has 1 fully saturated rings. The van der Waals surface area contributed by atoms with Crippen molar-refractivity contribution in [3.63, 3.8) is 0 Å². The van der Waals surface area contributed by atoms with Crippen molar-refractivity contribution in [1.29, 1.82) is 0 Å². The van der Waals surface area contributed by atoms with Gasteiger partial charge in [0.2, 0.25) is 0 Å². The number of ether oxygens (including phenoxy) is 2. The van der Waals surface area contributed by atoms with Gasteiger partial charge in [0.05, 0.1) is 20.9 Å². The SMILES string of the molecule is COc1cc(C)c(CN(C)CN2C(=O)N[C@@](C)(c3ccccc3)C2=O)cc1OC. The highest BCUT2D eigenvalue weighted by Crippen LogP contribution is 2.31. The molecule has 1 aliphatic rings. The average Bonchev–Trinajstić information content (AvgIpc) is 2.93. The Morgan fingerprint density at radius 1 is 1.07 bits per heavy atom. The molecule has 0 aliphatic carbocycles. The van der Waals surface area contributed by atoms with Gasteiger partial charge in [-0.3, -0.25) is 9.69 Å². The number of aryl methyl sites for hydroxylation is 1. The Kier molecular flexibility index (Phi) is 5.79. The Morgan fingerprint density at radius 2 is 1.69 bits per heavy atom. The van der Waals surface area contributed by atoms with E-state index in [0.29, 0.717) is 18.0 Å². The van der Waals surface area contributed by atoms with Gasteiger partial charge in [-0.2, -0.15) is 0 Å². The minimum Gasteiger partial charge on any atom is -0.493 e. The van der Waals surface area contributed by atoms with Crippen LogP contribution in [0.1, 0.15) is 23.6 Å². The largest absolute Gasteiger partial charge is 0.493 e. The third-order valence-corrected chi connectivity index (χ3v) is 5.29. The van der Waals surface area contributed by atoms with Crippen LogP contribution in [0.3, 0.4) is 0 Å². The summed E-state index contributed by atoms with van der Waals surface area (Å²) < 4.78 is 10.7. The van der Waals surface area contributed by atoms with Crippen LogP contribution in [0.2, 0.25) is 0 Å². The topological polar surface area (TPSA) is 71.1 Å². The number of amides is 3. The van der Waals surface area contributed by atoms with Gasteiger partial charge in [-0.05, 0) is 49.7 Å². The summed E-state index contributed by atoms with van der Waals surface area (Å²) in [6.45, 7) is 4.46. The molecule has 2 aromatic rings. The normalized spacial score (nSPS) is 18.9. The van der Waals surface area contributed by atoms with Crippen molar-refractivity contribution in [2.75, 3.05) is 27.9 Å². The van der Waals surface area contributed by atoms with Crippen LogP contribution in [-0.4, -0.2) is 49.7 Å². The predicted octanol–water partition coefficient (Wildman–Crippen LogP) is 2.87. The minimum absolute atomic E-state index is 0.181. The highest BCUT2D eigenvalue weighted by Gasteiger charge is 2.49. The van der Waals surface area contributed by atoms with Crippen LogP contribution in [0.25, 0.3) is 0 Å². The Hall–Kier alpha value is -3.06. The molecule has 29 heavy (non-hydrogen) atoms. The molecule has 0 aromatic heterocycles. The van der Waals surface area contributed by atoms with Gasteiger partial charge >= 0.3 is 6.03 Å². The fourth-order valence-electron chi connectivity index (χ4n) is 3.57. The molecule has 7 heteroatoms. The molecule has 0 bridgehead atoms. The number of carbonyl (C=O) groups is 2. The highest BCUT2D eigenvalue weighted by molar-refractivity contribution is 6.07. The summed E-state index contributed by atoms with van der Waals surface area (Å²) >= 11 is 0. The maximum atomic E-state index is 13.1. The lowest BCUT2D eigenvalue weighted by molar-refractivity contribution is -0.132. The van der Waals surface area contributed by atoms with Crippen LogP contribution in [0.4, 0.5) is 4.79 Å². The molecule has 1 atom stereocenters. The van der Waals surface area contributed by atoms with Crippen molar-refractivity contribution in [3.05, 3.63) is 59.2 Å². The standard InChI is InChI=1S/C22H27N3O4/c1-15-11-18(28-4)19(29-5)12-16(15)13-24(3)14-25-20(26)22(2,23-21(25)27)17-9-7-6-8-10-17/h6-12H,13-14H2,1-5H3,(H,23,27)/t22-/m0/s1. The summed E-state index contributed by atoms with van der Waals surface area (Å²) in [6.07, 6.45) is 0. The molecular formula is C22H27N3O4. The van der Waals surface area contributed by atoms with E-state index in [4.69, 9.17) is 9.47 Å². The Bertz CT molecular complexity index is 916. The first-order valence-electron chi connectivity index (χ1n) is 9.40. The molecule has 0 saturated carbocycles. The molecule has 3 rings (SSSR count). The third kappa shape index (κ3) is 3.91. The van der Waals surface area contributed by atoms with Gasteiger partial charge in [-0.25, -0.2) is 9.69 Å². The van der Waals surface area contributed by atoms with E-state index in [1.165, 1.54) is 4.90 Å². The van der Waals surface area contributed by atoms with E-state index in [1.54, 1.807) is 21.1 Å². The average molecular weight is 397 g/mol. The summed E-state index contributed by atoms with van der Waals surface area (Å²) in [4.78, 5) is 28.8. The van der Waals surface area contributed by atoms with Crippen molar-refractivity contribution in [2.45, 2.75) is 25.9 Å². The molecule has 1 saturated heterocycles. The van der Waals surface area contributed by atoms with Crippen molar-refractivity contribution < 1.29 is 19.1 Å². The molecule has 1 aliphatic heterocycles. The molecule has 7 nitrogen and oxygen atoms in total. The lowest BCUT2D eigenvalue weighted by atomic mass is 9.92. The first-order valence-corrected chi connectivity index (χ1v) is 9.40. The molecule has 0 radical (unpaired) electrons. The van der Waals surface area contributed by atoms with Gasteiger partial charge in [0.25, 0.3) is 5.91 Å². The van der Waals surface area contributed by atoms with Crippen molar-refractivity contribution in [2.24, 2.45) is 0 Å². The number of hydrogen-bond donors (Lipinski definition) is 1. The molecule has 1 N–H and O–H groups in total. The lowest BCUT2D eigenvalue weighted by Gasteiger charge is -2.25. The number of rotatable bonds is 7. The minimum atomic E-state index is -1.06.